The molecule has 0 fully saturated rings. The molecule has 0 aromatic rings. The average Bonchev–Trinajstić information content (AvgIpc) is 2.44. The van der Waals surface area contributed by atoms with Crippen LogP contribution in [0.2, 0.25) is 0 Å². The molecule has 0 spiro atoms. The monoisotopic (exact) mass is 432 g/mol. The van der Waals surface area contributed by atoms with E-state index >= 15 is 0 Å². The van der Waals surface area contributed by atoms with Crippen LogP contribution >= 0.6 is 31.9 Å². The highest BCUT2D eigenvalue weighted by Gasteiger charge is 2.54. The Bertz CT molecular complexity index is 381. The van der Waals surface area contributed by atoms with Crippen LogP contribution in [0, 0.1) is 20.2 Å². The van der Waals surface area contributed by atoms with E-state index in [2.05, 4.69) is 42.5 Å². The fourth-order valence-corrected chi connectivity index (χ4v) is 1.85. The summed E-state index contributed by atoms with van der Waals surface area (Å²) in [5.74, 6) is -0.855. The van der Waals surface area contributed by atoms with Gasteiger partial charge in [-0.05, 0) is 0 Å². The SMILES string of the molecule is O=C(CBr)NCCC(CCNC(=O)CBr)([N+](=O)[O-])[N+](=O)[O-]. The number of hydrogen-bond acceptors (Lipinski definition) is 6. The number of nitro groups is 2. The summed E-state index contributed by atoms with van der Waals surface area (Å²) in [6, 6.07) is 0. The zero-order valence-corrected chi connectivity index (χ0v) is 14.0. The van der Waals surface area contributed by atoms with Crippen LogP contribution in [0.15, 0.2) is 0 Å². The quantitative estimate of drug-likeness (QED) is 0.215. The Kier molecular flexibility index (Phi) is 9.01. The first-order chi connectivity index (χ1) is 9.80. The van der Waals surface area contributed by atoms with Crippen molar-refractivity contribution in [2.45, 2.75) is 18.5 Å². The summed E-state index contributed by atoms with van der Waals surface area (Å²) in [7, 11) is 0. The van der Waals surface area contributed by atoms with Crippen molar-refractivity contribution in [2.75, 3.05) is 23.7 Å². The molecular formula is C9H14Br2N4O6. The van der Waals surface area contributed by atoms with Gasteiger partial charge in [0.2, 0.25) is 11.8 Å². The minimum Gasteiger partial charge on any atom is -0.355 e. The predicted octanol–water partition coefficient (Wildman–Crippen LogP) is 0.0385. The van der Waals surface area contributed by atoms with Gasteiger partial charge in [-0.15, -0.1) is 0 Å². The van der Waals surface area contributed by atoms with E-state index in [0.717, 1.165) is 0 Å². The second-order valence-electron chi connectivity index (χ2n) is 3.96. The molecule has 21 heavy (non-hydrogen) atoms. The molecule has 0 aromatic heterocycles. The highest BCUT2D eigenvalue weighted by atomic mass is 79.9. The first-order valence-corrected chi connectivity index (χ1v) is 7.98. The number of nitrogens with zero attached hydrogens (tertiary/aromatic N) is 2. The first kappa shape index (κ1) is 19.7. The maximum absolute atomic E-state index is 11.1. The van der Waals surface area contributed by atoms with E-state index in [0.29, 0.717) is 0 Å². The Morgan fingerprint density at radius 3 is 1.48 bits per heavy atom. The highest BCUT2D eigenvalue weighted by molar-refractivity contribution is 9.09. The molecule has 0 rings (SSSR count). The molecule has 120 valence electrons. The van der Waals surface area contributed by atoms with Crippen LogP contribution in [0.3, 0.4) is 0 Å². The molecule has 0 bridgehead atoms. The molecule has 0 saturated carbocycles. The summed E-state index contributed by atoms with van der Waals surface area (Å²) in [5.41, 5.74) is -2.45. The summed E-state index contributed by atoms with van der Waals surface area (Å²) in [6.07, 6.45) is -0.953. The van der Waals surface area contributed by atoms with Gasteiger partial charge >= 0.3 is 5.66 Å². The standard InChI is InChI=1S/C9H14Br2N4O6/c10-5-7(16)12-3-1-9(14(18)19,15(20)21)2-4-13-8(17)6-11/h1-6H2,(H,12,16)(H,13,17). The van der Waals surface area contributed by atoms with E-state index in [1.54, 1.807) is 0 Å². The average molecular weight is 434 g/mol. The van der Waals surface area contributed by atoms with Crippen molar-refractivity contribution in [3.63, 3.8) is 0 Å². The van der Waals surface area contributed by atoms with Gasteiger partial charge in [0.1, 0.15) is 12.8 Å². The van der Waals surface area contributed by atoms with Crippen molar-refractivity contribution in [3.05, 3.63) is 20.2 Å². The van der Waals surface area contributed by atoms with Crippen LogP contribution in [0.4, 0.5) is 0 Å². The van der Waals surface area contributed by atoms with Gasteiger partial charge in [-0.3, -0.25) is 29.8 Å². The Labute approximate surface area is 136 Å². The normalized spacial score (nSPS) is 10.8. The first-order valence-electron chi connectivity index (χ1n) is 5.74. The molecule has 0 saturated heterocycles. The lowest BCUT2D eigenvalue weighted by molar-refractivity contribution is -0.798. The lowest BCUT2D eigenvalue weighted by Gasteiger charge is -2.17. The van der Waals surface area contributed by atoms with Crippen molar-refractivity contribution < 1.29 is 19.4 Å². The van der Waals surface area contributed by atoms with Gasteiger partial charge in [0.15, 0.2) is 0 Å². The second-order valence-corrected chi connectivity index (χ2v) is 5.09. The van der Waals surface area contributed by atoms with Crippen LogP contribution in [0.5, 0.6) is 0 Å². The Morgan fingerprint density at radius 1 is 0.905 bits per heavy atom. The van der Waals surface area contributed by atoms with Gasteiger partial charge in [0.05, 0.1) is 20.5 Å². The lowest BCUT2D eigenvalue weighted by atomic mass is 10.0. The summed E-state index contributed by atoms with van der Waals surface area (Å²) in [6.45, 7) is -0.419. The van der Waals surface area contributed by atoms with Crippen molar-refractivity contribution in [1.82, 2.24) is 10.6 Å². The molecule has 0 aliphatic rings. The van der Waals surface area contributed by atoms with Gasteiger partial charge in [0.25, 0.3) is 0 Å². The lowest BCUT2D eigenvalue weighted by Crippen LogP contribution is -2.50. The molecule has 0 aromatic carbocycles. The number of alkyl halides is 2. The maximum Gasteiger partial charge on any atom is 0.461 e. The molecule has 12 heteroatoms. The Morgan fingerprint density at radius 2 is 1.24 bits per heavy atom. The molecule has 0 aliphatic heterocycles. The molecule has 0 unspecified atom stereocenters. The molecule has 0 radical (unpaired) electrons. The van der Waals surface area contributed by atoms with E-state index < -0.39 is 40.2 Å². The number of carbonyl (C=O) groups excluding carboxylic acids is 2. The number of rotatable bonds is 10. The van der Waals surface area contributed by atoms with E-state index in [-0.39, 0.29) is 23.7 Å². The Balaban J connectivity index is 4.76. The number of amides is 2. The van der Waals surface area contributed by atoms with E-state index in [9.17, 15) is 29.8 Å². The largest absolute Gasteiger partial charge is 0.461 e. The van der Waals surface area contributed by atoms with Crippen LogP contribution in [-0.2, 0) is 9.59 Å². The van der Waals surface area contributed by atoms with Crippen LogP contribution in [-0.4, -0.2) is 51.1 Å². The van der Waals surface area contributed by atoms with E-state index in [1.807, 2.05) is 0 Å². The van der Waals surface area contributed by atoms with Crippen molar-refractivity contribution in [1.29, 1.82) is 0 Å². The van der Waals surface area contributed by atoms with Crippen molar-refractivity contribution in [3.8, 4) is 0 Å². The Hall–Kier alpha value is -1.30. The van der Waals surface area contributed by atoms with Crippen LogP contribution in [0.25, 0.3) is 0 Å². The fourth-order valence-electron chi connectivity index (χ4n) is 1.46. The predicted molar refractivity (Wildman–Crippen MR) is 79.6 cm³/mol. The number of hydrogen-bond donors (Lipinski definition) is 2. The molecule has 0 atom stereocenters. The molecule has 10 nitrogen and oxygen atoms in total. The van der Waals surface area contributed by atoms with Crippen LogP contribution < -0.4 is 10.6 Å². The number of nitrogens with one attached hydrogen (secondary N) is 2. The third kappa shape index (κ3) is 6.33. The molecule has 2 amide bonds. The van der Waals surface area contributed by atoms with Gasteiger partial charge in [-0.1, -0.05) is 31.9 Å². The van der Waals surface area contributed by atoms with Gasteiger partial charge in [-0.2, -0.15) is 0 Å². The number of halogens is 2. The van der Waals surface area contributed by atoms with E-state index in [1.165, 1.54) is 0 Å². The fraction of sp³-hybridized carbons (Fsp3) is 0.778. The third-order valence-electron chi connectivity index (χ3n) is 2.62. The summed E-state index contributed by atoms with van der Waals surface area (Å²) >= 11 is 5.77. The topological polar surface area (TPSA) is 144 Å². The molecular weight excluding hydrogens is 420 g/mol. The summed E-state index contributed by atoms with van der Waals surface area (Å²) in [5, 5.41) is 26.8. The second kappa shape index (κ2) is 9.60. The van der Waals surface area contributed by atoms with Gasteiger partial charge in [0, 0.05) is 13.1 Å². The zero-order valence-electron chi connectivity index (χ0n) is 10.8. The minimum absolute atomic E-state index is 0.00175. The van der Waals surface area contributed by atoms with Crippen molar-refractivity contribution >= 4 is 43.7 Å². The third-order valence-corrected chi connectivity index (χ3v) is 3.64. The minimum atomic E-state index is -2.45. The molecule has 2 N–H and O–H groups in total. The zero-order chi connectivity index (χ0) is 16.5. The molecule has 0 heterocycles. The summed E-state index contributed by atoms with van der Waals surface area (Å²) < 4.78 is 0. The molecule has 0 aliphatic carbocycles. The maximum atomic E-state index is 11.1. The summed E-state index contributed by atoms with van der Waals surface area (Å²) in [4.78, 5) is 42.2. The van der Waals surface area contributed by atoms with Gasteiger partial charge < -0.3 is 10.6 Å². The van der Waals surface area contributed by atoms with Gasteiger partial charge in [-0.25, -0.2) is 0 Å². The van der Waals surface area contributed by atoms with Crippen LogP contribution in [0.1, 0.15) is 12.8 Å². The smallest absolute Gasteiger partial charge is 0.355 e. The van der Waals surface area contributed by atoms with E-state index in [4.69, 9.17) is 0 Å². The van der Waals surface area contributed by atoms with Crippen molar-refractivity contribution in [2.24, 2.45) is 0 Å². The highest BCUT2D eigenvalue weighted by Crippen LogP contribution is 2.20. The number of carbonyl (C=O) groups is 2.